The number of ether oxygens (including phenoxy) is 1. The molecule has 20 heavy (non-hydrogen) atoms. The van der Waals surface area contributed by atoms with Gasteiger partial charge in [0, 0.05) is 6.04 Å². The highest BCUT2D eigenvalue weighted by Gasteiger charge is 2.32. The van der Waals surface area contributed by atoms with Crippen LogP contribution in [0.3, 0.4) is 0 Å². The van der Waals surface area contributed by atoms with Crippen LogP contribution in [0.5, 0.6) is 0 Å². The molecule has 0 aromatic carbocycles. The molecule has 0 aliphatic heterocycles. The number of sulfone groups is 1. The summed E-state index contributed by atoms with van der Waals surface area (Å²) in [6.07, 6.45) is 2.00. The first-order chi connectivity index (χ1) is 9.40. The summed E-state index contributed by atoms with van der Waals surface area (Å²) in [5.41, 5.74) is 5.88. The summed E-state index contributed by atoms with van der Waals surface area (Å²) in [4.78, 5) is 12.0. The molecule has 0 amide bonds. The highest BCUT2D eigenvalue weighted by atomic mass is 32.2. The molecule has 3 N–H and O–H groups in total. The van der Waals surface area contributed by atoms with Crippen molar-refractivity contribution in [1.82, 2.24) is 0 Å². The fourth-order valence-electron chi connectivity index (χ4n) is 1.74. The number of nitrogen functional groups attached to an aromatic ring is 1. The number of carbonyl (C=O) groups excluding carboxylic acids is 1. The molecule has 1 saturated carbocycles. The van der Waals surface area contributed by atoms with Crippen LogP contribution >= 0.6 is 11.3 Å². The standard InChI is InChI=1S/C12H18N2O4S2/c1-3-18-12(15)9-8(13)10(20(16,17)4-2)11(19-9)14-7-5-6-7/h7,14H,3-6,13H2,1-2H3. The smallest absolute Gasteiger partial charge is 0.350 e. The van der Waals surface area contributed by atoms with E-state index >= 15 is 0 Å². The van der Waals surface area contributed by atoms with E-state index in [4.69, 9.17) is 10.5 Å². The highest BCUT2D eigenvalue weighted by molar-refractivity contribution is 7.91. The van der Waals surface area contributed by atoms with Gasteiger partial charge in [-0.2, -0.15) is 0 Å². The fraction of sp³-hybridized carbons (Fsp3) is 0.583. The molecule has 0 bridgehead atoms. The predicted octanol–water partition coefficient (Wildman–Crippen LogP) is 1.87. The van der Waals surface area contributed by atoms with Crippen LogP contribution in [0.4, 0.5) is 10.7 Å². The van der Waals surface area contributed by atoms with Gasteiger partial charge >= 0.3 is 5.97 Å². The monoisotopic (exact) mass is 318 g/mol. The van der Waals surface area contributed by atoms with Gasteiger partial charge in [-0.1, -0.05) is 6.92 Å². The van der Waals surface area contributed by atoms with E-state index in [-0.39, 0.29) is 33.9 Å². The zero-order valence-corrected chi connectivity index (χ0v) is 13.1. The summed E-state index contributed by atoms with van der Waals surface area (Å²) >= 11 is 1.05. The molecule has 1 fully saturated rings. The van der Waals surface area contributed by atoms with E-state index in [1.165, 1.54) is 0 Å². The normalized spacial score (nSPS) is 15.1. The van der Waals surface area contributed by atoms with E-state index in [0.717, 1.165) is 24.2 Å². The molecule has 2 rings (SSSR count). The Balaban J connectivity index is 2.48. The van der Waals surface area contributed by atoms with E-state index in [2.05, 4.69) is 5.32 Å². The summed E-state index contributed by atoms with van der Waals surface area (Å²) in [6, 6.07) is 0.272. The molecule has 1 heterocycles. The maximum absolute atomic E-state index is 12.2. The Morgan fingerprint density at radius 3 is 2.60 bits per heavy atom. The molecule has 1 aliphatic rings. The van der Waals surface area contributed by atoms with Gasteiger partial charge < -0.3 is 15.8 Å². The van der Waals surface area contributed by atoms with Crippen LogP contribution < -0.4 is 11.1 Å². The second-order valence-corrected chi connectivity index (χ2v) is 7.78. The zero-order chi connectivity index (χ0) is 14.9. The van der Waals surface area contributed by atoms with Crippen molar-refractivity contribution in [2.45, 2.75) is 37.6 Å². The Morgan fingerprint density at radius 2 is 2.10 bits per heavy atom. The molecular weight excluding hydrogens is 300 g/mol. The molecule has 8 heteroatoms. The summed E-state index contributed by atoms with van der Waals surface area (Å²) in [5, 5.41) is 3.59. The number of nitrogens with two attached hydrogens (primary N) is 1. The Bertz CT molecular complexity index is 618. The summed E-state index contributed by atoms with van der Waals surface area (Å²) in [6.45, 7) is 3.46. The quantitative estimate of drug-likeness (QED) is 0.777. The molecule has 0 saturated heterocycles. The maximum atomic E-state index is 12.2. The van der Waals surface area contributed by atoms with Crippen molar-refractivity contribution in [3.8, 4) is 0 Å². The maximum Gasteiger partial charge on any atom is 0.350 e. The van der Waals surface area contributed by atoms with Gasteiger partial charge in [0.15, 0.2) is 9.84 Å². The zero-order valence-electron chi connectivity index (χ0n) is 11.4. The molecule has 1 aromatic heterocycles. The lowest BCUT2D eigenvalue weighted by Gasteiger charge is -2.06. The minimum Gasteiger partial charge on any atom is -0.462 e. The van der Waals surface area contributed by atoms with Crippen molar-refractivity contribution < 1.29 is 17.9 Å². The van der Waals surface area contributed by atoms with Gasteiger partial charge in [0.2, 0.25) is 0 Å². The SMILES string of the molecule is CCOC(=O)c1sc(NC2CC2)c(S(=O)(=O)CC)c1N. The number of carbonyl (C=O) groups is 1. The Morgan fingerprint density at radius 1 is 1.45 bits per heavy atom. The van der Waals surface area contributed by atoms with Crippen LogP contribution in [0.15, 0.2) is 4.90 Å². The minimum atomic E-state index is -3.49. The Labute approximate surface area is 122 Å². The van der Waals surface area contributed by atoms with Gasteiger partial charge in [-0.15, -0.1) is 11.3 Å². The molecule has 1 aromatic rings. The molecule has 6 nitrogen and oxygen atoms in total. The Kier molecular flexibility index (Phi) is 4.24. The highest BCUT2D eigenvalue weighted by Crippen LogP contribution is 2.42. The first-order valence-corrected chi connectivity index (χ1v) is 8.96. The molecule has 0 spiro atoms. The number of hydrogen-bond acceptors (Lipinski definition) is 7. The molecular formula is C12H18N2O4S2. The van der Waals surface area contributed by atoms with Gasteiger partial charge in [0.1, 0.15) is 14.8 Å². The first-order valence-electron chi connectivity index (χ1n) is 6.49. The van der Waals surface area contributed by atoms with Crippen LogP contribution in [-0.2, 0) is 14.6 Å². The number of thiophene rings is 1. The lowest BCUT2D eigenvalue weighted by Crippen LogP contribution is -2.11. The van der Waals surface area contributed by atoms with Crippen molar-refractivity contribution in [3.05, 3.63) is 4.88 Å². The summed E-state index contributed by atoms with van der Waals surface area (Å²) in [5.74, 6) is -0.637. The summed E-state index contributed by atoms with van der Waals surface area (Å²) in [7, 11) is -3.49. The van der Waals surface area contributed by atoms with E-state index in [1.54, 1.807) is 13.8 Å². The molecule has 112 valence electrons. The third-order valence-electron chi connectivity index (χ3n) is 2.96. The van der Waals surface area contributed by atoms with Gasteiger partial charge in [-0.05, 0) is 19.8 Å². The van der Waals surface area contributed by atoms with E-state index < -0.39 is 15.8 Å². The van der Waals surface area contributed by atoms with Gasteiger partial charge in [0.05, 0.1) is 18.0 Å². The van der Waals surface area contributed by atoms with E-state index in [1.807, 2.05) is 0 Å². The van der Waals surface area contributed by atoms with Crippen LogP contribution in [0.2, 0.25) is 0 Å². The van der Waals surface area contributed by atoms with Gasteiger partial charge in [-0.25, -0.2) is 13.2 Å². The fourth-order valence-corrected chi connectivity index (χ4v) is 4.36. The first kappa shape index (κ1) is 15.1. The minimum absolute atomic E-state index is 0.00144. The molecule has 0 radical (unpaired) electrons. The third-order valence-corrected chi connectivity index (χ3v) is 6.02. The van der Waals surface area contributed by atoms with Crippen LogP contribution in [-0.4, -0.2) is 32.8 Å². The van der Waals surface area contributed by atoms with Gasteiger partial charge in [0.25, 0.3) is 0 Å². The van der Waals surface area contributed by atoms with Crippen LogP contribution in [0.1, 0.15) is 36.4 Å². The van der Waals surface area contributed by atoms with Crippen LogP contribution in [0, 0.1) is 0 Å². The average molecular weight is 318 g/mol. The van der Waals surface area contributed by atoms with E-state index in [9.17, 15) is 13.2 Å². The van der Waals surface area contributed by atoms with Crippen molar-refractivity contribution in [2.24, 2.45) is 0 Å². The predicted molar refractivity (Wildman–Crippen MR) is 79.1 cm³/mol. The van der Waals surface area contributed by atoms with Crippen molar-refractivity contribution >= 4 is 37.8 Å². The van der Waals surface area contributed by atoms with Crippen LogP contribution in [0.25, 0.3) is 0 Å². The number of anilines is 2. The average Bonchev–Trinajstić information content (AvgIpc) is 3.12. The number of esters is 1. The molecule has 0 unspecified atom stereocenters. The second kappa shape index (κ2) is 5.61. The summed E-state index contributed by atoms with van der Waals surface area (Å²) < 4.78 is 29.3. The molecule has 1 aliphatic carbocycles. The Hall–Kier alpha value is -1.28. The number of nitrogens with one attached hydrogen (secondary N) is 1. The van der Waals surface area contributed by atoms with Crippen molar-refractivity contribution in [1.29, 1.82) is 0 Å². The third kappa shape index (κ3) is 2.90. The van der Waals surface area contributed by atoms with Crippen molar-refractivity contribution in [3.63, 3.8) is 0 Å². The topological polar surface area (TPSA) is 98.5 Å². The van der Waals surface area contributed by atoms with Gasteiger partial charge in [-0.3, -0.25) is 0 Å². The number of rotatable bonds is 6. The lowest BCUT2D eigenvalue weighted by atomic mass is 10.4. The second-order valence-electron chi connectivity index (χ2n) is 4.55. The molecule has 0 atom stereocenters. The van der Waals surface area contributed by atoms with E-state index in [0.29, 0.717) is 5.00 Å². The lowest BCUT2D eigenvalue weighted by molar-refractivity contribution is 0.0533. The number of hydrogen-bond donors (Lipinski definition) is 2. The largest absolute Gasteiger partial charge is 0.462 e. The van der Waals surface area contributed by atoms with Crippen molar-refractivity contribution in [2.75, 3.05) is 23.4 Å².